The Kier molecular flexibility index (Phi) is 6.59. The van der Waals surface area contributed by atoms with Gasteiger partial charge in [-0.15, -0.1) is 0 Å². The summed E-state index contributed by atoms with van der Waals surface area (Å²) in [6.45, 7) is 3.76. The van der Waals surface area contributed by atoms with E-state index in [1.54, 1.807) is 7.05 Å². The maximum atomic E-state index is 13.0. The summed E-state index contributed by atoms with van der Waals surface area (Å²) >= 11 is 0. The maximum Gasteiger partial charge on any atom is 0.416 e. The largest absolute Gasteiger partial charge is 0.416 e. The van der Waals surface area contributed by atoms with Crippen molar-refractivity contribution >= 4 is 5.91 Å². The van der Waals surface area contributed by atoms with Crippen LogP contribution in [0.3, 0.4) is 0 Å². The molecule has 0 bridgehead atoms. The van der Waals surface area contributed by atoms with Crippen molar-refractivity contribution in [2.24, 2.45) is 11.7 Å². The molecule has 0 spiro atoms. The van der Waals surface area contributed by atoms with Crippen molar-refractivity contribution in [1.82, 2.24) is 4.90 Å². The van der Waals surface area contributed by atoms with Crippen LogP contribution < -0.4 is 5.73 Å². The van der Waals surface area contributed by atoms with Crippen molar-refractivity contribution in [3.8, 4) is 0 Å². The average Bonchev–Trinajstić information content (AvgIpc) is 2.60. The predicted molar refractivity (Wildman–Crippen MR) is 93.8 cm³/mol. The molecule has 0 aromatic heterocycles. The molecule has 3 atom stereocenters. The third-order valence-corrected chi connectivity index (χ3v) is 5.57. The first-order valence-electron chi connectivity index (χ1n) is 9.05. The number of rotatable bonds is 5. The minimum absolute atomic E-state index is 0.0771. The highest BCUT2D eigenvalue weighted by Crippen LogP contribution is 2.38. The molecule has 29 heavy (non-hydrogen) atoms. The van der Waals surface area contributed by atoms with Crippen molar-refractivity contribution in [3.05, 3.63) is 34.9 Å². The van der Waals surface area contributed by atoms with Crippen LogP contribution in [0, 0.1) is 5.92 Å². The second-order valence-electron chi connectivity index (χ2n) is 7.81. The van der Waals surface area contributed by atoms with Crippen LogP contribution in [0.25, 0.3) is 0 Å². The number of likely N-dealkylation sites (N-methyl/N-ethyl adjacent to an activating group) is 1. The summed E-state index contributed by atoms with van der Waals surface area (Å²) in [5.74, 6) is -0.708. The number of amides is 1. The number of likely N-dealkylation sites (tertiary alicyclic amines) is 1. The molecule has 1 heterocycles. The molecule has 0 saturated carbocycles. The Morgan fingerprint density at radius 3 is 2.14 bits per heavy atom. The highest BCUT2D eigenvalue weighted by Gasteiger charge is 2.39. The highest BCUT2D eigenvalue weighted by atomic mass is 19.4. The number of ether oxygens (including phenoxy) is 1. The molecule has 1 aromatic rings. The maximum absolute atomic E-state index is 13.0. The number of alkyl halides is 6. The van der Waals surface area contributed by atoms with Crippen LogP contribution in [0.4, 0.5) is 26.3 Å². The lowest BCUT2D eigenvalue weighted by Crippen LogP contribution is -2.55. The number of nitrogens with two attached hydrogens (primary N) is 1. The molecule has 10 heteroatoms. The van der Waals surface area contributed by atoms with Gasteiger partial charge in [0.15, 0.2) is 0 Å². The van der Waals surface area contributed by atoms with Crippen molar-refractivity contribution in [1.29, 1.82) is 0 Å². The molecule has 0 radical (unpaired) electrons. The number of halogens is 6. The van der Waals surface area contributed by atoms with Crippen molar-refractivity contribution < 1.29 is 35.9 Å². The smallest absolute Gasteiger partial charge is 0.372 e. The second-order valence-corrected chi connectivity index (χ2v) is 7.81. The molecular weight excluding hydrogens is 402 g/mol. The van der Waals surface area contributed by atoms with E-state index in [1.807, 2.05) is 11.8 Å². The van der Waals surface area contributed by atoms with Crippen LogP contribution in [0.15, 0.2) is 18.2 Å². The standard InChI is InChI=1S/C19H24F6N2O2/c1-11(29-10-17(2)5-4-12(16(26)28)9-27(17)3)13-6-14(18(20,21)22)8-15(7-13)19(23,24)25/h6-8,11-12H,4-5,9-10H2,1-3H3,(H2,26,28)/t11-,12?,17-/m1/s1. The zero-order valence-corrected chi connectivity index (χ0v) is 16.3. The number of primary amides is 1. The van der Waals surface area contributed by atoms with Gasteiger partial charge in [-0.1, -0.05) is 0 Å². The van der Waals surface area contributed by atoms with Gasteiger partial charge in [0.25, 0.3) is 0 Å². The Morgan fingerprint density at radius 2 is 1.72 bits per heavy atom. The summed E-state index contributed by atoms with van der Waals surface area (Å²) in [5.41, 5.74) is 1.87. The third-order valence-electron chi connectivity index (χ3n) is 5.57. The number of nitrogens with zero attached hydrogens (tertiary/aromatic N) is 1. The molecule has 1 aliphatic heterocycles. The molecule has 0 aliphatic carbocycles. The number of carbonyl (C=O) groups is 1. The molecule has 1 saturated heterocycles. The minimum Gasteiger partial charge on any atom is -0.372 e. The Balaban J connectivity index is 2.18. The highest BCUT2D eigenvalue weighted by molar-refractivity contribution is 5.77. The summed E-state index contributed by atoms with van der Waals surface area (Å²) in [7, 11) is 1.77. The second kappa shape index (κ2) is 8.14. The molecule has 2 N–H and O–H groups in total. The fourth-order valence-corrected chi connectivity index (χ4v) is 3.35. The van der Waals surface area contributed by atoms with Crippen molar-refractivity contribution in [3.63, 3.8) is 0 Å². The number of benzene rings is 1. The van der Waals surface area contributed by atoms with Gasteiger partial charge < -0.3 is 10.5 Å². The minimum atomic E-state index is -4.91. The molecule has 1 unspecified atom stereocenters. The lowest BCUT2D eigenvalue weighted by Gasteiger charge is -2.45. The van der Waals surface area contributed by atoms with Gasteiger partial charge in [0, 0.05) is 12.1 Å². The van der Waals surface area contributed by atoms with E-state index in [0.29, 0.717) is 31.5 Å². The van der Waals surface area contributed by atoms with E-state index in [1.165, 1.54) is 6.92 Å². The monoisotopic (exact) mass is 426 g/mol. The lowest BCUT2D eigenvalue weighted by atomic mass is 9.84. The number of piperidine rings is 1. The zero-order chi connectivity index (χ0) is 22.2. The Morgan fingerprint density at radius 1 is 1.21 bits per heavy atom. The molecule has 164 valence electrons. The van der Waals surface area contributed by atoms with Crippen LogP contribution in [-0.2, 0) is 21.9 Å². The molecule has 2 rings (SSSR count). The molecule has 1 fully saturated rings. The van der Waals surface area contributed by atoms with E-state index in [4.69, 9.17) is 10.5 Å². The third kappa shape index (κ3) is 5.63. The summed E-state index contributed by atoms with van der Waals surface area (Å²) in [5, 5.41) is 0. The Bertz CT molecular complexity index is 717. The fourth-order valence-electron chi connectivity index (χ4n) is 3.35. The van der Waals surface area contributed by atoms with E-state index in [-0.39, 0.29) is 24.2 Å². The molecule has 1 aliphatic rings. The van der Waals surface area contributed by atoms with Gasteiger partial charge in [-0.25, -0.2) is 0 Å². The first kappa shape index (κ1) is 23.5. The fraction of sp³-hybridized carbons (Fsp3) is 0.632. The van der Waals surface area contributed by atoms with E-state index in [2.05, 4.69) is 0 Å². The van der Waals surface area contributed by atoms with Gasteiger partial charge in [-0.3, -0.25) is 9.69 Å². The lowest BCUT2D eigenvalue weighted by molar-refractivity contribution is -0.143. The summed E-state index contributed by atoms with van der Waals surface area (Å²) < 4.78 is 83.9. The van der Waals surface area contributed by atoms with Gasteiger partial charge in [0.1, 0.15) is 0 Å². The van der Waals surface area contributed by atoms with Gasteiger partial charge in [0.05, 0.1) is 29.8 Å². The van der Waals surface area contributed by atoms with Crippen LogP contribution in [0.2, 0.25) is 0 Å². The molecular formula is C19H24F6N2O2. The number of hydrogen-bond acceptors (Lipinski definition) is 3. The molecule has 4 nitrogen and oxygen atoms in total. The Labute approximate surface area is 165 Å². The summed E-state index contributed by atoms with van der Waals surface area (Å²) in [4.78, 5) is 13.2. The van der Waals surface area contributed by atoms with Crippen molar-refractivity contribution in [2.75, 3.05) is 20.2 Å². The normalized spacial score (nSPS) is 25.1. The predicted octanol–water partition coefficient (Wildman–Crippen LogP) is 4.39. The van der Waals surface area contributed by atoms with E-state index < -0.39 is 41.0 Å². The van der Waals surface area contributed by atoms with E-state index in [9.17, 15) is 31.1 Å². The Hall–Kier alpha value is -1.81. The van der Waals surface area contributed by atoms with Crippen molar-refractivity contribution in [2.45, 2.75) is 50.7 Å². The van der Waals surface area contributed by atoms with Crippen LogP contribution >= 0.6 is 0 Å². The van der Waals surface area contributed by atoms with Gasteiger partial charge >= 0.3 is 12.4 Å². The first-order chi connectivity index (χ1) is 13.1. The van der Waals surface area contributed by atoms with Crippen LogP contribution in [0.1, 0.15) is 49.5 Å². The molecule has 1 amide bonds. The quantitative estimate of drug-likeness (QED) is 0.711. The van der Waals surface area contributed by atoms with Gasteiger partial charge in [-0.05, 0) is 57.5 Å². The average molecular weight is 426 g/mol. The summed E-state index contributed by atoms with van der Waals surface area (Å²) in [6, 6.07) is 1.45. The summed E-state index contributed by atoms with van der Waals surface area (Å²) in [6.07, 6.45) is -9.71. The first-order valence-corrected chi connectivity index (χ1v) is 9.05. The van der Waals surface area contributed by atoms with Crippen LogP contribution in [-0.4, -0.2) is 36.5 Å². The topological polar surface area (TPSA) is 55.6 Å². The van der Waals surface area contributed by atoms with Gasteiger partial charge in [0.2, 0.25) is 5.91 Å². The zero-order valence-electron chi connectivity index (χ0n) is 16.3. The number of carbonyl (C=O) groups excluding carboxylic acids is 1. The van der Waals surface area contributed by atoms with Crippen LogP contribution in [0.5, 0.6) is 0 Å². The van der Waals surface area contributed by atoms with E-state index >= 15 is 0 Å². The SMILES string of the molecule is C[C@@H](OC[C@@]1(C)CCC(C(N)=O)CN1C)c1cc(C(F)(F)F)cc(C(F)(F)F)c1. The van der Waals surface area contributed by atoms with Gasteiger partial charge in [-0.2, -0.15) is 26.3 Å². The van der Waals surface area contributed by atoms with E-state index in [0.717, 1.165) is 0 Å². The number of hydrogen-bond donors (Lipinski definition) is 1. The molecule has 1 aromatic carbocycles.